The number of aliphatic hydroxyl groups excluding tert-OH is 1. The van der Waals surface area contributed by atoms with Gasteiger partial charge in [0.25, 0.3) is 0 Å². The van der Waals surface area contributed by atoms with Crippen molar-refractivity contribution in [2.45, 2.75) is 200 Å². The number of carbonyl (C=O) groups excluding carboxylic acids is 6. The number of aromatic amines is 1. The molecule has 1 aromatic heterocycles. The van der Waals surface area contributed by atoms with Gasteiger partial charge in [-0.1, -0.05) is 131 Å². The average molecular weight is 991 g/mol. The molecule has 1 rings (SSSR count). The topological polar surface area (TPSA) is 337 Å². The number of rotatable bonds is 42. The van der Waals surface area contributed by atoms with Crippen molar-refractivity contribution in [2.75, 3.05) is 32.8 Å². The largest absolute Gasteiger partial charge is 0.480 e. The fourth-order valence-corrected chi connectivity index (χ4v) is 7.79. The lowest BCUT2D eigenvalue weighted by molar-refractivity contribution is -0.143. The maximum atomic E-state index is 13.9. The molecule has 6 amide bonds. The van der Waals surface area contributed by atoms with Gasteiger partial charge in [-0.3, -0.25) is 33.8 Å². The molecular weight excluding hydrogens is 901 g/mol. The van der Waals surface area contributed by atoms with Crippen molar-refractivity contribution in [2.24, 2.45) is 28.3 Å². The van der Waals surface area contributed by atoms with Gasteiger partial charge in [0.15, 0.2) is 5.96 Å². The van der Waals surface area contributed by atoms with E-state index >= 15 is 0 Å². The van der Waals surface area contributed by atoms with Crippen LogP contribution >= 0.6 is 0 Å². The van der Waals surface area contributed by atoms with E-state index in [2.05, 4.69) is 59.1 Å². The number of aliphatic imine (C=N–C) groups is 1. The first-order valence-electron chi connectivity index (χ1n) is 25.8. The van der Waals surface area contributed by atoms with E-state index < -0.39 is 78.9 Å². The summed E-state index contributed by atoms with van der Waals surface area (Å²) < 4.78 is 0. The summed E-state index contributed by atoms with van der Waals surface area (Å²) in [6.45, 7) is 9.13. The Morgan fingerprint density at radius 3 is 1.57 bits per heavy atom. The van der Waals surface area contributed by atoms with Crippen LogP contribution in [-0.4, -0.2) is 131 Å². The molecule has 0 aromatic carbocycles. The van der Waals surface area contributed by atoms with Crippen LogP contribution in [0.4, 0.5) is 0 Å². The number of amides is 6. The smallest absolute Gasteiger partial charge is 0.328 e. The van der Waals surface area contributed by atoms with E-state index in [0.717, 1.165) is 19.3 Å². The number of nitrogens with zero attached hydrogens (tertiary/aromatic N) is 2. The number of unbranched alkanes of at least 4 members (excludes halogenated alkanes) is 15. The number of nitrogens with two attached hydrogens (primary N) is 2. The zero-order valence-corrected chi connectivity index (χ0v) is 42.9. The summed E-state index contributed by atoms with van der Waals surface area (Å²) in [5.74, 6) is -5.76. The third kappa shape index (κ3) is 31.0. The predicted molar refractivity (Wildman–Crippen MR) is 271 cm³/mol. The molecule has 1 heterocycles. The second kappa shape index (κ2) is 38.4. The fourth-order valence-electron chi connectivity index (χ4n) is 7.79. The molecule has 0 unspecified atom stereocenters. The number of imidazole rings is 1. The molecule has 14 N–H and O–H groups in total. The van der Waals surface area contributed by atoms with Crippen molar-refractivity contribution in [1.82, 2.24) is 47.2 Å². The number of hydrogen-bond acceptors (Lipinski definition) is 11. The van der Waals surface area contributed by atoms with Crippen LogP contribution in [0.3, 0.4) is 0 Å². The van der Waals surface area contributed by atoms with E-state index in [0.29, 0.717) is 18.7 Å². The molecule has 70 heavy (non-hydrogen) atoms. The van der Waals surface area contributed by atoms with Crippen LogP contribution in [0.1, 0.15) is 169 Å². The number of carbonyl (C=O) groups is 7. The van der Waals surface area contributed by atoms with Crippen molar-refractivity contribution >= 4 is 47.4 Å². The van der Waals surface area contributed by atoms with Crippen molar-refractivity contribution in [3.8, 4) is 0 Å². The van der Waals surface area contributed by atoms with Gasteiger partial charge in [-0.25, -0.2) is 9.78 Å². The molecule has 1 aromatic rings. The van der Waals surface area contributed by atoms with E-state index in [1.807, 2.05) is 27.7 Å². The molecule has 21 heteroatoms. The number of aromatic nitrogens is 2. The van der Waals surface area contributed by atoms with Crippen LogP contribution in [-0.2, 0) is 40.0 Å². The van der Waals surface area contributed by atoms with E-state index in [9.17, 15) is 43.8 Å². The second-order valence-corrected chi connectivity index (χ2v) is 19.1. The number of hydrogen-bond donors (Lipinski definition) is 12. The van der Waals surface area contributed by atoms with Crippen molar-refractivity contribution in [3.63, 3.8) is 0 Å². The normalized spacial score (nSPS) is 13.4. The van der Waals surface area contributed by atoms with E-state index in [4.69, 9.17) is 11.5 Å². The number of H-pyrrole nitrogens is 1. The van der Waals surface area contributed by atoms with Crippen LogP contribution in [0, 0.1) is 11.8 Å². The van der Waals surface area contributed by atoms with Gasteiger partial charge >= 0.3 is 5.97 Å². The molecule has 0 radical (unpaired) electrons. The van der Waals surface area contributed by atoms with Crippen LogP contribution in [0.5, 0.6) is 0 Å². The number of aliphatic hydroxyl groups is 1. The molecule has 0 aliphatic heterocycles. The zero-order valence-electron chi connectivity index (χ0n) is 42.9. The van der Waals surface area contributed by atoms with E-state index in [1.165, 1.54) is 96.0 Å². The lowest BCUT2D eigenvalue weighted by Crippen LogP contribution is -2.58. The monoisotopic (exact) mass is 991 g/mol. The molecule has 0 aliphatic carbocycles. The summed E-state index contributed by atoms with van der Waals surface area (Å²) in [7, 11) is 0. The highest BCUT2D eigenvalue weighted by molar-refractivity contribution is 5.96. The Balaban J connectivity index is 2.81. The quantitative estimate of drug-likeness (QED) is 0.0255. The summed E-state index contributed by atoms with van der Waals surface area (Å²) in [5, 5.41) is 37.3. The average Bonchev–Trinajstić information content (AvgIpc) is 3.82. The highest BCUT2D eigenvalue weighted by atomic mass is 16.4. The predicted octanol–water partition coefficient (Wildman–Crippen LogP) is 2.57. The Kier molecular flexibility index (Phi) is 34.4. The molecule has 400 valence electrons. The molecular formula is C49H90N12O9. The van der Waals surface area contributed by atoms with Gasteiger partial charge in [0.1, 0.15) is 30.2 Å². The summed E-state index contributed by atoms with van der Waals surface area (Å²) in [6, 6.07) is -6.21. The molecule has 0 spiro atoms. The Morgan fingerprint density at radius 2 is 1.09 bits per heavy atom. The summed E-state index contributed by atoms with van der Waals surface area (Å²) >= 11 is 0. The maximum absolute atomic E-state index is 13.9. The number of aliphatic carboxylic acids is 1. The molecule has 0 bridgehead atoms. The Hall–Kier alpha value is -5.31. The van der Waals surface area contributed by atoms with Crippen LogP contribution in [0.2, 0.25) is 0 Å². The lowest BCUT2D eigenvalue weighted by atomic mass is 9.99. The standard InChI is InChI=1S/C49H90N12O9/c1-6-7-8-9-10-11-12-13-14-15-16-17-18-19-20-21-24-52-30-42(63)57-38(26-34(2)3)45(66)60-39(27-35(4)5)46(67)59-37(23-22-25-54-49(50)51)44(65)55-31-43(64)58-40(28-36-29-53-33-56-36)47(68)61-41(32-62)48(69)70/h29,33-35,37-41,52,62H,6-28,30-32H2,1-5H3,(H,53,56)(H,55,65)(H,57,63)(H,58,64)(H,59,67)(H,60,66)(H,61,68)(H,69,70)(H4,50,51,54)/t37-,38-,39-,40-,41-/m0/s1. The first-order chi connectivity index (χ1) is 33.5. The van der Waals surface area contributed by atoms with Gasteiger partial charge < -0.3 is 63.9 Å². The van der Waals surface area contributed by atoms with E-state index in [1.54, 1.807) is 0 Å². The van der Waals surface area contributed by atoms with Gasteiger partial charge in [0.05, 0.1) is 26.0 Å². The number of guanidine groups is 1. The SMILES string of the molecule is CCCCCCCCCCCCCCCCCCNCC(=O)N[C@@H](CC(C)C)C(=O)N[C@@H](CC(C)C)C(=O)N[C@@H](CCCN=C(N)N)C(=O)NCC(=O)N[C@@H](Cc1cnc[nH]1)C(=O)N[C@@H](CO)C(=O)O. The Morgan fingerprint density at radius 1 is 0.614 bits per heavy atom. The molecule has 5 atom stereocenters. The fraction of sp³-hybridized carbons (Fsp3) is 0.776. The minimum atomic E-state index is -1.63. The lowest BCUT2D eigenvalue weighted by Gasteiger charge is -2.27. The first-order valence-corrected chi connectivity index (χ1v) is 25.8. The number of carboxylic acids is 1. The van der Waals surface area contributed by atoms with Crippen molar-refractivity contribution < 1.29 is 43.8 Å². The third-order valence-electron chi connectivity index (χ3n) is 11.6. The van der Waals surface area contributed by atoms with Gasteiger partial charge in [0, 0.05) is 24.9 Å². The minimum Gasteiger partial charge on any atom is -0.480 e. The summed E-state index contributed by atoms with van der Waals surface area (Å²) in [5.41, 5.74) is 11.4. The van der Waals surface area contributed by atoms with Gasteiger partial charge in [-0.15, -0.1) is 0 Å². The van der Waals surface area contributed by atoms with Crippen molar-refractivity contribution in [1.29, 1.82) is 0 Å². The van der Waals surface area contributed by atoms with Gasteiger partial charge in [0.2, 0.25) is 35.4 Å². The summed E-state index contributed by atoms with van der Waals surface area (Å²) in [4.78, 5) is 103. The molecule has 0 aliphatic rings. The van der Waals surface area contributed by atoms with Crippen molar-refractivity contribution in [3.05, 3.63) is 18.2 Å². The van der Waals surface area contributed by atoms with Crippen LogP contribution in [0.25, 0.3) is 0 Å². The van der Waals surface area contributed by atoms with Crippen LogP contribution in [0.15, 0.2) is 17.5 Å². The first kappa shape index (κ1) is 62.7. The van der Waals surface area contributed by atoms with Gasteiger partial charge in [-0.05, 0) is 50.5 Å². The van der Waals surface area contributed by atoms with Crippen LogP contribution < -0.4 is 48.7 Å². The molecule has 0 saturated heterocycles. The van der Waals surface area contributed by atoms with E-state index in [-0.39, 0.29) is 62.5 Å². The highest BCUT2D eigenvalue weighted by Gasteiger charge is 2.31. The maximum Gasteiger partial charge on any atom is 0.328 e. The molecule has 0 fully saturated rings. The second-order valence-electron chi connectivity index (χ2n) is 19.1. The zero-order chi connectivity index (χ0) is 52.1. The minimum absolute atomic E-state index is 0.0272. The Labute approximate surface area is 416 Å². The van der Waals surface area contributed by atoms with Gasteiger partial charge in [-0.2, -0.15) is 0 Å². The molecule has 21 nitrogen and oxygen atoms in total. The number of carboxylic acid groups (broad SMARTS) is 1. The molecule has 0 saturated carbocycles. The highest BCUT2D eigenvalue weighted by Crippen LogP contribution is 2.14. The summed E-state index contributed by atoms with van der Waals surface area (Å²) in [6.07, 6.45) is 23.9. The number of nitrogens with one attached hydrogen (secondary N) is 8. The third-order valence-corrected chi connectivity index (χ3v) is 11.6. The Bertz CT molecular complexity index is 1670.